The number of benzene rings is 1. The van der Waals surface area contributed by atoms with Gasteiger partial charge in [0.25, 0.3) is 0 Å². The lowest BCUT2D eigenvalue weighted by Gasteiger charge is -2.27. The van der Waals surface area contributed by atoms with Gasteiger partial charge in [0.15, 0.2) is 10.9 Å². The molecule has 0 bridgehead atoms. The Hall–Kier alpha value is -2.50. The average molecular weight is 411 g/mol. The highest BCUT2D eigenvalue weighted by Crippen LogP contribution is 2.36. The molecule has 9 nitrogen and oxygen atoms in total. The Bertz CT molecular complexity index is 828. The lowest BCUT2D eigenvalue weighted by Crippen LogP contribution is -2.47. The molecule has 1 amide bonds. The first-order valence-corrected chi connectivity index (χ1v) is 9.31. The summed E-state index contributed by atoms with van der Waals surface area (Å²) in [6.07, 6.45) is 0.519. The number of aliphatic hydroxyl groups is 1. The summed E-state index contributed by atoms with van der Waals surface area (Å²) in [5, 5.41) is 41.1. The molecule has 1 unspecified atom stereocenters. The Morgan fingerprint density at radius 1 is 1.46 bits per heavy atom. The Morgan fingerprint density at radius 2 is 2.18 bits per heavy atom. The summed E-state index contributed by atoms with van der Waals surface area (Å²) in [6, 6.07) is 3.90. The minimum Gasteiger partial charge on any atom is -0.410 e. The Labute approximate surface area is 165 Å². The number of carbonyl (C=O) groups is 1. The van der Waals surface area contributed by atoms with Gasteiger partial charge in [-0.15, -0.1) is 0 Å². The van der Waals surface area contributed by atoms with Gasteiger partial charge in [0, 0.05) is 0 Å². The van der Waals surface area contributed by atoms with Gasteiger partial charge in [-0.3, -0.25) is 25.9 Å². The third kappa shape index (κ3) is 5.27. The van der Waals surface area contributed by atoms with Gasteiger partial charge in [-0.25, -0.2) is 4.39 Å². The van der Waals surface area contributed by atoms with E-state index in [4.69, 9.17) is 10.5 Å². The van der Waals surface area contributed by atoms with Crippen LogP contribution in [0.15, 0.2) is 28.3 Å². The number of oxime groups is 1. The van der Waals surface area contributed by atoms with Gasteiger partial charge < -0.3 is 15.6 Å². The van der Waals surface area contributed by atoms with E-state index in [1.807, 2.05) is 0 Å². The van der Waals surface area contributed by atoms with Gasteiger partial charge in [0.1, 0.15) is 11.5 Å². The molecular formula is C17H22FN5O4S. The quantitative estimate of drug-likeness (QED) is 0.172. The van der Waals surface area contributed by atoms with Crippen LogP contribution in [0.5, 0.6) is 0 Å². The number of hydrogen-bond acceptors (Lipinski definition) is 8. The van der Waals surface area contributed by atoms with Crippen molar-refractivity contribution in [2.75, 3.05) is 12.4 Å². The lowest BCUT2D eigenvalue weighted by atomic mass is 9.83. The summed E-state index contributed by atoms with van der Waals surface area (Å²) in [5.41, 5.74) is 2.13. The first-order valence-electron chi connectivity index (χ1n) is 8.33. The van der Waals surface area contributed by atoms with Crippen LogP contribution >= 0.6 is 11.8 Å². The van der Waals surface area contributed by atoms with Crippen molar-refractivity contribution in [2.24, 2.45) is 10.1 Å². The van der Waals surface area contributed by atoms with Gasteiger partial charge in [-0.2, -0.15) is 0 Å². The summed E-state index contributed by atoms with van der Waals surface area (Å²) in [6.45, 7) is 3.02. The summed E-state index contributed by atoms with van der Waals surface area (Å²) in [5.74, 6) is -1.29. The van der Waals surface area contributed by atoms with Crippen LogP contribution in [0.1, 0.15) is 31.0 Å². The zero-order chi connectivity index (χ0) is 20.9. The molecule has 0 saturated heterocycles. The normalized spacial score (nSPS) is 16.8. The van der Waals surface area contributed by atoms with Crippen molar-refractivity contribution in [2.45, 2.75) is 31.8 Å². The fourth-order valence-corrected chi connectivity index (χ4v) is 3.15. The number of amides is 1. The van der Waals surface area contributed by atoms with Crippen molar-refractivity contribution in [3.8, 4) is 0 Å². The Balaban J connectivity index is 2.03. The van der Waals surface area contributed by atoms with Crippen LogP contribution in [0.2, 0.25) is 0 Å². The van der Waals surface area contributed by atoms with Gasteiger partial charge in [-0.1, -0.05) is 23.0 Å². The molecule has 152 valence electrons. The molecule has 1 aliphatic carbocycles. The molecule has 0 saturated carbocycles. The van der Waals surface area contributed by atoms with Gasteiger partial charge in [-0.05, 0) is 43.5 Å². The molecule has 0 aromatic heterocycles. The number of halogens is 1. The van der Waals surface area contributed by atoms with Crippen LogP contribution in [0.4, 0.5) is 4.39 Å². The fourth-order valence-electron chi connectivity index (χ4n) is 2.51. The van der Waals surface area contributed by atoms with Crippen molar-refractivity contribution in [1.82, 2.24) is 10.8 Å². The number of thioether (sulfide) groups is 1. The minimum absolute atomic E-state index is 0.179. The SMILES string of the molecule is CC(C)(CO)NC(=O)CS/C(=N/O)C(=N)C(=NC1Cc2ccc(F)cc21)NO. The number of rotatable bonds is 7. The second kappa shape index (κ2) is 9.13. The van der Waals surface area contributed by atoms with E-state index < -0.39 is 29.0 Å². The number of carbonyl (C=O) groups excluding carboxylic acids is 1. The molecule has 0 fully saturated rings. The number of hydrogen-bond donors (Lipinski definition) is 6. The number of amidine groups is 1. The summed E-state index contributed by atoms with van der Waals surface area (Å²) in [4.78, 5) is 16.1. The minimum atomic E-state index is -0.812. The van der Waals surface area contributed by atoms with Crippen molar-refractivity contribution in [3.63, 3.8) is 0 Å². The third-order valence-corrected chi connectivity index (χ3v) is 4.99. The van der Waals surface area contributed by atoms with Gasteiger partial charge >= 0.3 is 0 Å². The van der Waals surface area contributed by atoms with E-state index in [0.717, 1.165) is 17.3 Å². The zero-order valence-corrected chi connectivity index (χ0v) is 16.2. The molecule has 0 radical (unpaired) electrons. The highest BCUT2D eigenvalue weighted by Gasteiger charge is 2.28. The predicted octanol–water partition coefficient (Wildman–Crippen LogP) is 1.23. The molecule has 0 spiro atoms. The smallest absolute Gasteiger partial charge is 0.230 e. The van der Waals surface area contributed by atoms with Crippen molar-refractivity contribution < 1.29 is 24.7 Å². The number of aliphatic hydroxyl groups excluding tert-OH is 1. The van der Waals surface area contributed by atoms with Crippen LogP contribution in [0, 0.1) is 11.2 Å². The molecule has 6 N–H and O–H groups in total. The fraction of sp³-hybridized carbons (Fsp3) is 0.412. The molecule has 28 heavy (non-hydrogen) atoms. The van der Waals surface area contributed by atoms with E-state index in [0.29, 0.717) is 12.0 Å². The van der Waals surface area contributed by atoms with E-state index in [2.05, 4.69) is 15.5 Å². The molecule has 11 heteroatoms. The molecular weight excluding hydrogens is 389 g/mol. The monoisotopic (exact) mass is 411 g/mol. The molecule has 1 aromatic rings. The predicted molar refractivity (Wildman–Crippen MR) is 104 cm³/mol. The number of aliphatic imine (C=N–C) groups is 1. The molecule has 1 aliphatic rings. The largest absolute Gasteiger partial charge is 0.410 e. The Morgan fingerprint density at radius 3 is 2.79 bits per heavy atom. The van der Waals surface area contributed by atoms with E-state index in [1.165, 1.54) is 12.1 Å². The van der Waals surface area contributed by atoms with Gasteiger partial charge in [0.2, 0.25) is 5.91 Å². The number of hydroxylamine groups is 1. The number of nitrogens with zero attached hydrogens (tertiary/aromatic N) is 2. The second-order valence-corrected chi connectivity index (χ2v) is 7.78. The van der Waals surface area contributed by atoms with E-state index in [9.17, 15) is 19.6 Å². The molecule has 0 aliphatic heterocycles. The van der Waals surface area contributed by atoms with E-state index >= 15 is 0 Å². The Kier molecular flexibility index (Phi) is 7.11. The standard InChI is InChI=1S/C17H22FN5O4S/c1-17(2,8-24)21-13(25)7-28-16(23-27)14(19)15(22-26)20-12-5-9-3-4-10(18)6-11(9)12/h3-4,6,12,19,24,26-27H,5,7-8H2,1-2H3,(H,20,22)(H,21,25)/b19-14?,23-16+. The van der Waals surface area contributed by atoms with Crippen LogP contribution in [-0.4, -0.2) is 55.9 Å². The van der Waals surface area contributed by atoms with Crippen LogP contribution in [-0.2, 0) is 11.2 Å². The highest BCUT2D eigenvalue weighted by atomic mass is 32.2. The maximum absolute atomic E-state index is 13.4. The number of nitrogens with one attached hydrogen (secondary N) is 3. The van der Waals surface area contributed by atoms with Crippen LogP contribution in [0.25, 0.3) is 0 Å². The molecule has 2 rings (SSSR count). The topological polar surface area (TPSA) is 150 Å². The van der Waals surface area contributed by atoms with Crippen molar-refractivity contribution in [3.05, 3.63) is 35.1 Å². The molecule has 1 atom stereocenters. The zero-order valence-electron chi connectivity index (χ0n) is 15.4. The summed E-state index contributed by atoms with van der Waals surface area (Å²) >= 11 is 0.763. The average Bonchev–Trinajstić information content (AvgIpc) is 2.64. The third-order valence-electron chi connectivity index (χ3n) is 4.03. The van der Waals surface area contributed by atoms with Crippen molar-refractivity contribution >= 4 is 34.3 Å². The van der Waals surface area contributed by atoms with E-state index in [-0.39, 0.29) is 23.2 Å². The maximum atomic E-state index is 13.4. The first-order chi connectivity index (χ1) is 13.2. The maximum Gasteiger partial charge on any atom is 0.230 e. The van der Waals surface area contributed by atoms with Gasteiger partial charge in [0.05, 0.1) is 23.9 Å². The van der Waals surface area contributed by atoms with Crippen molar-refractivity contribution in [1.29, 1.82) is 5.41 Å². The van der Waals surface area contributed by atoms with E-state index in [1.54, 1.807) is 25.4 Å². The summed E-state index contributed by atoms with van der Waals surface area (Å²) in [7, 11) is 0. The van der Waals surface area contributed by atoms with Crippen LogP contribution in [0.3, 0.4) is 0 Å². The molecule has 0 heterocycles. The lowest BCUT2D eigenvalue weighted by molar-refractivity contribution is -0.120. The van der Waals surface area contributed by atoms with Crippen LogP contribution < -0.4 is 10.8 Å². The highest BCUT2D eigenvalue weighted by molar-refractivity contribution is 8.16. The number of fused-ring (bicyclic) bond motifs is 1. The molecule has 1 aromatic carbocycles. The second-order valence-electron chi connectivity index (χ2n) is 6.81. The summed E-state index contributed by atoms with van der Waals surface area (Å²) < 4.78 is 13.4. The first kappa shape index (κ1) is 21.8.